The standard InChI is InChI=1S/C19H22N2O4/c1-4-24-19-15(8-6-10-17(19)23-3)12-20-21-18(22)13-25-16-9-5-7-14(2)11-16/h5-12H,4,13H2,1-3H3,(H,21,22)/b20-12+. The maximum absolute atomic E-state index is 11.8. The van der Waals surface area contributed by atoms with Crippen molar-refractivity contribution in [3.8, 4) is 17.2 Å². The van der Waals surface area contributed by atoms with E-state index in [4.69, 9.17) is 14.2 Å². The lowest BCUT2D eigenvalue weighted by atomic mass is 10.2. The number of para-hydroxylation sites is 1. The van der Waals surface area contributed by atoms with Crippen LogP contribution in [0.3, 0.4) is 0 Å². The highest BCUT2D eigenvalue weighted by molar-refractivity contribution is 5.86. The Morgan fingerprint density at radius 1 is 1.20 bits per heavy atom. The molecule has 0 saturated carbocycles. The molecule has 0 heterocycles. The lowest BCUT2D eigenvalue weighted by Crippen LogP contribution is -2.24. The van der Waals surface area contributed by atoms with Crippen molar-refractivity contribution in [2.24, 2.45) is 5.10 Å². The maximum atomic E-state index is 11.8. The second-order valence-electron chi connectivity index (χ2n) is 5.21. The van der Waals surface area contributed by atoms with Gasteiger partial charge in [-0.25, -0.2) is 5.43 Å². The number of ether oxygens (including phenoxy) is 3. The molecule has 1 amide bonds. The van der Waals surface area contributed by atoms with Gasteiger partial charge in [0.05, 0.1) is 19.9 Å². The Morgan fingerprint density at radius 2 is 2.00 bits per heavy atom. The molecule has 0 radical (unpaired) electrons. The van der Waals surface area contributed by atoms with E-state index in [1.807, 2.05) is 44.2 Å². The van der Waals surface area contributed by atoms with Gasteiger partial charge in [0, 0.05) is 5.56 Å². The summed E-state index contributed by atoms with van der Waals surface area (Å²) < 4.78 is 16.3. The van der Waals surface area contributed by atoms with Crippen LogP contribution in [0.4, 0.5) is 0 Å². The summed E-state index contributed by atoms with van der Waals surface area (Å²) in [4.78, 5) is 11.8. The van der Waals surface area contributed by atoms with Gasteiger partial charge in [0.25, 0.3) is 5.91 Å². The highest BCUT2D eigenvalue weighted by Crippen LogP contribution is 2.29. The van der Waals surface area contributed by atoms with Crippen LogP contribution in [0.1, 0.15) is 18.1 Å². The summed E-state index contributed by atoms with van der Waals surface area (Å²) in [6, 6.07) is 12.9. The van der Waals surface area contributed by atoms with Gasteiger partial charge in [-0.1, -0.05) is 18.2 Å². The molecular formula is C19H22N2O4. The second kappa shape index (κ2) is 9.32. The number of nitrogens with zero attached hydrogens (tertiary/aromatic N) is 1. The summed E-state index contributed by atoms with van der Waals surface area (Å²) >= 11 is 0. The number of amides is 1. The van der Waals surface area contributed by atoms with Crippen LogP contribution in [0.2, 0.25) is 0 Å². The van der Waals surface area contributed by atoms with Gasteiger partial charge in [-0.15, -0.1) is 0 Å². The number of rotatable bonds is 8. The predicted molar refractivity (Wildman–Crippen MR) is 96.6 cm³/mol. The molecule has 0 aliphatic heterocycles. The monoisotopic (exact) mass is 342 g/mol. The summed E-state index contributed by atoms with van der Waals surface area (Å²) in [5.74, 6) is 1.49. The van der Waals surface area contributed by atoms with Gasteiger partial charge in [-0.2, -0.15) is 5.10 Å². The van der Waals surface area contributed by atoms with Crippen molar-refractivity contribution in [3.63, 3.8) is 0 Å². The van der Waals surface area contributed by atoms with Gasteiger partial charge >= 0.3 is 0 Å². The Balaban J connectivity index is 1.93. The van der Waals surface area contributed by atoms with Crippen molar-refractivity contribution < 1.29 is 19.0 Å². The van der Waals surface area contributed by atoms with Gasteiger partial charge in [-0.3, -0.25) is 4.79 Å². The highest BCUT2D eigenvalue weighted by Gasteiger charge is 2.08. The molecule has 0 spiro atoms. The minimum atomic E-state index is -0.349. The van der Waals surface area contributed by atoms with Crippen LogP contribution in [0.15, 0.2) is 47.6 Å². The minimum absolute atomic E-state index is 0.114. The number of hydrazone groups is 1. The van der Waals surface area contributed by atoms with E-state index in [2.05, 4.69) is 10.5 Å². The number of methoxy groups -OCH3 is 1. The molecule has 0 atom stereocenters. The molecule has 0 unspecified atom stereocenters. The quantitative estimate of drug-likeness (QED) is 0.591. The average Bonchev–Trinajstić information content (AvgIpc) is 2.61. The molecule has 25 heavy (non-hydrogen) atoms. The summed E-state index contributed by atoms with van der Waals surface area (Å²) in [5.41, 5.74) is 4.21. The van der Waals surface area contributed by atoms with Crippen molar-refractivity contribution in [1.29, 1.82) is 0 Å². The van der Waals surface area contributed by atoms with Crippen LogP contribution in [-0.2, 0) is 4.79 Å². The summed E-state index contributed by atoms with van der Waals surface area (Å²) in [7, 11) is 1.57. The normalized spacial score (nSPS) is 10.5. The van der Waals surface area contributed by atoms with Crippen molar-refractivity contribution in [2.45, 2.75) is 13.8 Å². The lowest BCUT2D eigenvalue weighted by Gasteiger charge is -2.11. The van der Waals surface area contributed by atoms with Crippen molar-refractivity contribution >= 4 is 12.1 Å². The van der Waals surface area contributed by atoms with Crippen LogP contribution >= 0.6 is 0 Å². The molecule has 0 aromatic heterocycles. The topological polar surface area (TPSA) is 69.2 Å². The molecule has 0 aliphatic rings. The van der Waals surface area contributed by atoms with E-state index in [0.717, 1.165) is 5.56 Å². The first-order chi connectivity index (χ1) is 12.1. The van der Waals surface area contributed by atoms with Gasteiger partial charge in [-0.05, 0) is 43.7 Å². The molecule has 2 aromatic carbocycles. The number of carbonyl (C=O) groups is 1. The van der Waals surface area contributed by atoms with E-state index in [-0.39, 0.29) is 12.5 Å². The van der Waals surface area contributed by atoms with E-state index in [9.17, 15) is 4.79 Å². The Labute approximate surface area is 147 Å². The molecule has 1 N–H and O–H groups in total. The first-order valence-corrected chi connectivity index (χ1v) is 7.95. The van der Waals surface area contributed by atoms with Crippen molar-refractivity contribution in [1.82, 2.24) is 5.43 Å². The molecule has 2 rings (SSSR count). The molecule has 0 saturated heterocycles. The first kappa shape index (κ1) is 18.3. The van der Waals surface area contributed by atoms with Crippen LogP contribution in [-0.4, -0.2) is 32.4 Å². The highest BCUT2D eigenvalue weighted by atomic mass is 16.5. The van der Waals surface area contributed by atoms with E-state index < -0.39 is 0 Å². The summed E-state index contributed by atoms with van der Waals surface area (Å²) in [5, 5.41) is 3.95. The van der Waals surface area contributed by atoms with E-state index in [1.54, 1.807) is 19.2 Å². The van der Waals surface area contributed by atoms with Gasteiger partial charge in [0.1, 0.15) is 5.75 Å². The third kappa shape index (κ3) is 5.53. The average molecular weight is 342 g/mol. The van der Waals surface area contributed by atoms with Crippen LogP contribution in [0.25, 0.3) is 0 Å². The third-order valence-electron chi connectivity index (χ3n) is 3.27. The zero-order valence-corrected chi connectivity index (χ0v) is 14.6. The number of benzene rings is 2. The van der Waals surface area contributed by atoms with Gasteiger partial charge < -0.3 is 14.2 Å². The molecule has 0 aliphatic carbocycles. The number of carbonyl (C=O) groups excluding carboxylic acids is 1. The van der Waals surface area contributed by atoms with Crippen LogP contribution in [0.5, 0.6) is 17.2 Å². The van der Waals surface area contributed by atoms with Crippen molar-refractivity contribution in [2.75, 3.05) is 20.3 Å². The van der Waals surface area contributed by atoms with Crippen LogP contribution in [0, 0.1) is 6.92 Å². The maximum Gasteiger partial charge on any atom is 0.277 e. The number of nitrogens with one attached hydrogen (secondary N) is 1. The number of aryl methyl sites for hydroxylation is 1. The van der Waals surface area contributed by atoms with Gasteiger partial charge in [0.15, 0.2) is 18.1 Å². The van der Waals surface area contributed by atoms with Crippen LogP contribution < -0.4 is 19.6 Å². The molecule has 6 nitrogen and oxygen atoms in total. The van der Waals surface area contributed by atoms with E-state index >= 15 is 0 Å². The summed E-state index contributed by atoms with van der Waals surface area (Å²) in [6.45, 7) is 4.23. The fourth-order valence-corrected chi connectivity index (χ4v) is 2.15. The Kier molecular flexibility index (Phi) is 6.83. The van der Waals surface area contributed by atoms with E-state index in [1.165, 1.54) is 6.21 Å². The fraction of sp³-hybridized carbons (Fsp3) is 0.263. The first-order valence-electron chi connectivity index (χ1n) is 7.95. The van der Waals surface area contributed by atoms with Gasteiger partial charge in [0.2, 0.25) is 0 Å². The molecular weight excluding hydrogens is 320 g/mol. The molecule has 0 fully saturated rings. The molecule has 132 valence electrons. The lowest BCUT2D eigenvalue weighted by molar-refractivity contribution is -0.123. The van der Waals surface area contributed by atoms with Crippen molar-refractivity contribution in [3.05, 3.63) is 53.6 Å². The Bertz CT molecular complexity index is 744. The number of hydrogen-bond donors (Lipinski definition) is 1. The Hall–Kier alpha value is -3.02. The number of hydrogen-bond acceptors (Lipinski definition) is 5. The SMILES string of the molecule is CCOc1c(/C=N/NC(=O)COc2cccc(C)c2)cccc1OC. The molecule has 6 heteroatoms. The summed E-state index contributed by atoms with van der Waals surface area (Å²) in [6.07, 6.45) is 1.51. The molecule has 2 aromatic rings. The Morgan fingerprint density at radius 3 is 2.72 bits per heavy atom. The second-order valence-corrected chi connectivity index (χ2v) is 5.21. The van der Waals surface area contributed by atoms with E-state index in [0.29, 0.717) is 29.4 Å². The fourth-order valence-electron chi connectivity index (χ4n) is 2.15. The smallest absolute Gasteiger partial charge is 0.277 e. The zero-order chi connectivity index (χ0) is 18.1. The zero-order valence-electron chi connectivity index (χ0n) is 14.6. The third-order valence-corrected chi connectivity index (χ3v) is 3.27. The minimum Gasteiger partial charge on any atom is -0.493 e. The predicted octanol–water partition coefficient (Wildman–Crippen LogP) is 2.93. The largest absolute Gasteiger partial charge is 0.493 e. The molecule has 0 bridgehead atoms.